The summed E-state index contributed by atoms with van der Waals surface area (Å²) in [7, 11) is 0. The summed E-state index contributed by atoms with van der Waals surface area (Å²) < 4.78 is 10.9. The van der Waals surface area contributed by atoms with Gasteiger partial charge in [0.1, 0.15) is 12.3 Å². The molecule has 0 aromatic carbocycles. The third kappa shape index (κ3) is 3.31. The van der Waals surface area contributed by atoms with Gasteiger partial charge in [-0.25, -0.2) is 4.98 Å². The number of hydrogen-bond acceptors (Lipinski definition) is 6. The number of amides is 1. The molecule has 0 bridgehead atoms. The summed E-state index contributed by atoms with van der Waals surface area (Å²) in [6.07, 6.45) is 1.45. The molecule has 2 aromatic heterocycles. The van der Waals surface area contributed by atoms with Crippen molar-refractivity contribution in [2.24, 2.45) is 0 Å². The predicted octanol–water partition coefficient (Wildman–Crippen LogP) is 1.40. The zero-order chi connectivity index (χ0) is 14.7. The highest BCUT2D eigenvalue weighted by atomic mass is 32.1. The van der Waals surface area contributed by atoms with Gasteiger partial charge in [-0.1, -0.05) is 6.07 Å². The Morgan fingerprint density at radius 2 is 2.52 bits per heavy atom. The normalized spacial score (nSPS) is 22.1. The van der Waals surface area contributed by atoms with Crippen LogP contribution in [0.2, 0.25) is 0 Å². The summed E-state index contributed by atoms with van der Waals surface area (Å²) in [6, 6.07) is 3.58. The number of thiophene rings is 1. The van der Waals surface area contributed by atoms with Gasteiger partial charge in [0.25, 0.3) is 0 Å². The summed E-state index contributed by atoms with van der Waals surface area (Å²) in [6.45, 7) is 3.56. The minimum Gasteiger partial charge on any atom is -0.443 e. The number of morpholine rings is 1. The Morgan fingerprint density at radius 1 is 1.62 bits per heavy atom. The number of nitrogens with one attached hydrogen (secondary N) is 2. The molecule has 2 N–H and O–H groups in total. The first-order chi connectivity index (χ1) is 10.2. The van der Waals surface area contributed by atoms with Gasteiger partial charge in [-0.3, -0.25) is 4.79 Å². The molecular weight excluding hydrogens is 290 g/mol. The summed E-state index contributed by atoms with van der Waals surface area (Å²) in [5.74, 6) is 0.504. The SMILES string of the molecule is C[C@H]1OCCN[C@@H]1C(=O)NCc1coc(-c2cccs2)n1. The maximum absolute atomic E-state index is 12.1. The van der Waals surface area contributed by atoms with Crippen LogP contribution in [0.5, 0.6) is 0 Å². The molecule has 1 fully saturated rings. The van der Waals surface area contributed by atoms with Crippen LogP contribution in [0.1, 0.15) is 12.6 Å². The van der Waals surface area contributed by atoms with Crippen molar-refractivity contribution in [1.82, 2.24) is 15.6 Å². The second kappa shape index (κ2) is 6.38. The molecule has 0 radical (unpaired) electrons. The Kier molecular flexibility index (Phi) is 4.33. The number of aromatic nitrogens is 1. The molecule has 2 aromatic rings. The van der Waals surface area contributed by atoms with Gasteiger partial charge >= 0.3 is 0 Å². The van der Waals surface area contributed by atoms with E-state index in [1.165, 1.54) is 0 Å². The van der Waals surface area contributed by atoms with Crippen LogP contribution in [-0.4, -0.2) is 36.2 Å². The van der Waals surface area contributed by atoms with E-state index in [4.69, 9.17) is 9.15 Å². The van der Waals surface area contributed by atoms with Crippen molar-refractivity contribution in [3.05, 3.63) is 29.5 Å². The zero-order valence-corrected chi connectivity index (χ0v) is 12.5. The van der Waals surface area contributed by atoms with Crippen molar-refractivity contribution in [2.45, 2.75) is 25.6 Å². The van der Waals surface area contributed by atoms with Crippen molar-refractivity contribution < 1.29 is 13.9 Å². The minimum atomic E-state index is -0.317. The van der Waals surface area contributed by atoms with E-state index in [-0.39, 0.29) is 18.1 Å². The van der Waals surface area contributed by atoms with Crippen molar-refractivity contribution in [1.29, 1.82) is 0 Å². The summed E-state index contributed by atoms with van der Waals surface area (Å²) in [5.41, 5.74) is 0.705. The number of carbonyl (C=O) groups excluding carboxylic acids is 1. The third-order valence-corrected chi connectivity index (χ3v) is 4.18. The summed E-state index contributed by atoms with van der Waals surface area (Å²) in [5, 5.41) is 7.98. The Labute approximate surface area is 126 Å². The van der Waals surface area contributed by atoms with Crippen LogP contribution in [0.15, 0.2) is 28.2 Å². The lowest BCUT2D eigenvalue weighted by molar-refractivity contribution is -0.129. The van der Waals surface area contributed by atoms with Crippen LogP contribution in [0, 0.1) is 0 Å². The smallest absolute Gasteiger partial charge is 0.240 e. The molecule has 3 rings (SSSR count). The topological polar surface area (TPSA) is 76.4 Å². The summed E-state index contributed by atoms with van der Waals surface area (Å²) >= 11 is 1.57. The molecule has 0 aliphatic carbocycles. The van der Waals surface area contributed by atoms with Gasteiger partial charge in [0.2, 0.25) is 11.8 Å². The first-order valence-electron chi connectivity index (χ1n) is 6.85. The monoisotopic (exact) mass is 307 g/mol. The molecule has 2 atom stereocenters. The van der Waals surface area contributed by atoms with E-state index < -0.39 is 0 Å². The zero-order valence-electron chi connectivity index (χ0n) is 11.7. The Morgan fingerprint density at radius 3 is 3.29 bits per heavy atom. The number of carbonyl (C=O) groups is 1. The fraction of sp³-hybridized carbons (Fsp3) is 0.429. The van der Waals surface area contributed by atoms with Gasteiger partial charge in [0, 0.05) is 6.54 Å². The Bertz CT molecular complexity index is 596. The highest BCUT2D eigenvalue weighted by Gasteiger charge is 2.28. The fourth-order valence-electron chi connectivity index (χ4n) is 2.22. The molecule has 0 spiro atoms. The number of rotatable bonds is 4. The molecule has 21 heavy (non-hydrogen) atoms. The average molecular weight is 307 g/mol. The number of ether oxygens (including phenoxy) is 1. The fourth-order valence-corrected chi connectivity index (χ4v) is 2.87. The first-order valence-corrected chi connectivity index (χ1v) is 7.73. The lowest BCUT2D eigenvalue weighted by Gasteiger charge is -2.29. The lowest BCUT2D eigenvalue weighted by Crippen LogP contribution is -2.55. The van der Waals surface area contributed by atoms with E-state index >= 15 is 0 Å². The molecule has 3 heterocycles. The number of hydrogen-bond donors (Lipinski definition) is 2. The maximum Gasteiger partial charge on any atom is 0.240 e. The highest BCUT2D eigenvalue weighted by molar-refractivity contribution is 7.13. The Balaban J connectivity index is 1.56. The van der Waals surface area contributed by atoms with Crippen molar-refractivity contribution in [3.63, 3.8) is 0 Å². The van der Waals surface area contributed by atoms with Crippen LogP contribution in [0.25, 0.3) is 10.8 Å². The number of nitrogens with zero attached hydrogens (tertiary/aromatic N) is 1. The molecule has 1 aliphatic rings. The molecule has 1 aliphatic heterocycles. The largest absolute Gasteiger partial charge is 0.443 e. The van der Waals surface area contributed by atoms with Crippen molar-refractivity contribution >= 4 is 17.2 Å². The molecule has 1 saturated heterocycles. The standard InChI is InChI=1S/C14H17N3O3S/c1-9-12(15-4-5-19-9)13(18)16-7-10-8-20-14(17-10)11-3-2-6-21-11/h2-3,6,8-9,12,15H,4-5,7H2,1H3,(H,16,18)/t9-,12+/m1/s1. The van der Waals surface area contributed by atoms with E-state index in [0.29, 0.717) is 31.3 Å². The maximum atomic E-state index is 12.1. The van der Waals surface area contributed by atoms with Crippen LogP contribution in [0.3, 0.4) is 0 Å². The molecule has 0 unspecified atom stereocenters. The minimum absolute atomic E-state index is 0.0807. The van der Waals surface area contributed by atoms with Crippen LogP contribution < -0.4 is 10.6 Å². The predicted molar refractivity (Wildman–Crippen MR) is 78.9 cm³/mol. The van der Waals surface area contributed by atoms with E-state index in [1.807, 2.05) is 24.4 Å². The third-order valence-electron chi connectivity index (χ3n) is 3.33. The van der Waals surface area contributed by atoms with E-state index in [1.54, 1.807) is 17.6 Å². The van der Waals surface area contributed by atoms with E-state index in [9.17, 15) is 4.79 Å². The van der Waals surface area contributed by atoms with Crippen molar-refractivity contribution in [2.75, 3.05) is 13.2 Å². The van der Waals surface area contributed by atoms with Gasteiger partial charge in [0.05, 0.1) is 29.8 Å². The molecule has 112 valence electrons. The van der Waals surface area contributed by atoms with Gasteiger partial charge in [-0.15, -0.1) is 11.3 Å². The summed E-state index contributed by atoms with van der Waals surface area (Å²) in [4.78, 5) is 17.4. The van der Waals surface area contributed by atoms with Crippen molar-refractivity contribution in [3.8, 4) is 10.8 Å². The molecule has 0 saturated carbocycles. The average Bonchev–Trinajstić information content (AvgIpc) is 3.16. The first kappa shape index (κ1) is 14.2. The van der Waals surface area contributed by atoms with Crippen LogP contribution in [0.4, 0.5) is 0 Å². The molecule has 6 nitrogen and oxygen atoms in total. The van der Waals surface area contributed by atoms with Gasteiger partial charge in [0.15, 0.2) is 0 Å². The molecule has 1 amide bonds. The molecule has 7 heteroatoms. The molecular formula is C14H17N3O3S. The number of oxazole rings is 1. The van der Waals surface area contributed by atoms with Gasteiger partial charge in [-0.2, -0.15) is 0 Å². The van der Waals surface area contributed by atoms with E-state index in [0.717, 1.165) is 4.88 Å². The second-order valence-corrected chi connectivity index (χ2v) is 5.79. The second-order valence-electron chi connectivity index (χ2n) is 4.85. The highest BCUT2D eigenvalue weighted by Crippen LogP contribution is 2.23. The van der Waals surface area contributed by atoms with Crippen LogP contribution in [-0.2, 0) is 16.1 Å². The lowest BCUT2D eigenvalue weighted by atomic mass is 10.1. The van der Waals surface area contributed by atoms with Crippen LogP contribution >= 0.6 is 11.3 Å². The van der Waals surface area contributed by atoms with E-state index in [2.05, 4.69) is 15.6 Å². The van der Waals surface area contributed by atoms with Gasteiger partial charge < -0.3 is 19.8 Å². The Hall–Kier alpha value is -1.70. The van der Waals surface area contributed by atoms with Gasteiger partial charge in [-0.05, 0) is 18.4 Å². The quantitative estimate of drug-likeness (QED) is 0.893.